The molecule has 0 bridgehead atoms. The van der Waals surface area contributed by atoms with E-state index in [4.69, 9.17) is 0 Å². The van der Waals surface area contributed by atoms with Gasteiger partial charge < -0.3 is 5.32 Å². The molecule has 10 heteroatoms. The summed E-state index contributed by atoms with van der Waals surface area (Å²) in [6.07, 6.45) is 0. The van der Waals surface area contributed by atoms with Gasteiger partial charge in [0.1, 0.15) is 5.69 Å². The van der Waals surface area contributed by atoms with Crippen LogP contribution in [0.5, 0.6) is 0 Å². The van der Waals surface area contributed by atoms with Crippen molar-refractivity contribution in [2.45, 2.75) is 58.1 Å². The van der Waals surface area contributed by atoms with E-state index < -0.39 is 20.5 Å². The van der Waals surface area contributed by atoms with Gasteiger partial charge in [0.2, 0.25) is 10.0 Å². The molecular weight excluding hydrogens is 442 g/mol. The molecule has 33 heavy (non-hydrogen) atoms. The minimum absolute atomic E-state index is 0.151. The zero-order valence-electron chi connectivity index (χ0n) is 19.4. The molecule has 0 saturated carbocycles. The summed E-state index contributed by atoms with van der Waals surface area (Å²) in [4.78, 5) is 10.9. The van der Waals surface area contributed by atoms with Crippen LogP contribution in [0.15, 0.2) is 53.4 Å². The summed E-state index contributed by atoms with van der Waals surface area (Å²) in [5.74, 6) is 0. The van der Waals surface area contributed by atoms with Gasteiger partial charge in [0.15, 0.2) is 0 Å². The number of nitrogens with zero attached hydrogens (tertiary/aromatic N) is 3. The van der Waals surface area contributed by atoms with Gasteiger partial charge in [-0.2, -0.15) is 5.10 Å². The van der Waals surface area contributed by atoms with Gasteiger partial charge in [0, 0.05) is 23.8 Å². The zero-order valence-corrected chi connectivity index (χ0v) is 20.2. The average Bonchev–Trinajstić information content (AvgIpc) is 3.01. The minimum Gasteiger partial charge on any atom is -0.375 e. The Labute approximate surface area is 194 Å². The van der Waals surface area contributed by atoms with Crippen molar-refractivity contribution in [2.24, 2.45) is 0 Å². The molecule has 1 heterocycles. The molecule has 0 amide bonds. The van der Waals surface area contributed by atoms with Crippen LogP contribution in [-0.4, -0.2) is 28.7 Å². The molecule has 176 valence electrons. The lowest BCUT2D eigenvalue weighted by Crippen LogP contribution is -2.40. The number of aryl methyl sites for hydroxylation is 2. The largest absolute Gasteiger partial charge is 0.375 e. The van der Waals surface area contributed by atoms with Crippen molar-refractivity contribution < 1.29 is 13.3 Å². The van der Waals surface area contributed by atoms with Crippen molar-refractivity contribution >= 4 is 21.4 Å². The first-order valence-electron chi connectivity index (χ1n) is 10.5. The van der Waals surface area contributed by atoms with E-state index in [1.807, 2.05) is 48.9 Å². The highest BCUT2D eigenvalue weighted by molar-refractivity contribution is 7.89. The van der Waals surface area contributed by atoms with E-state index in [-0.39, 0.29) is 16.3 Å². The van der Waals surface area contributed by atoms with Crippen LogP contribution in [0.1, 0.15) is 43.3 Å². The highest BCUT2D eigenvalue weighted by Crippen LogP contribution is 2.28. The summed E-state index contributed by atoms with van der Waals surface area (Å²) in [7, 11) is -3.89. The SMILES string of the molecule is Cc1cc(C)n(Cc2cccc(CNc3ccc(S(=O)(=O)NC(C)(C)C)cc3[N+](=O)[O-])c2)n1. The third kappa shape index (κ3) is 6.39. The second kappa shape index (κ2) is 9.32. The Morgan fingerprint density at radius 3 is 2.36 bits per heavy atom. The Morgan fingerprint density at radius 1 is 1.06 bits per heavy atom. The van der Waals surface area contributed by atoms with Crippen LogP contribution < -0.4 is 10.0 Å². The minimum atomic E-state index is -3.89. The molecule has 9 nitrogen and oxygen atoms in total. The first kappa shape index (κ1) is 24.4. The number of rotatable bonds is 8. The fourth-order valence-electron chi connectivity index (χ4n) is 3.48. The van der Waals surface area contributed by atoms with E-state index in [2.05, 4.69) is 15.1 Å². The van der Waals surface area contributed by atoms with Crippen LogP contribution in [0.2, 0.25) is 0 Å². The molecule has 0 radical (unpaired) electrons. The Hall–Kier alpha value is -3.24. The Kier molecular flexibility index (Phi) is 6.89. The van der Waals surface area contributed by atoms with Gasteiger partial charge >= 0.3 is 0 Å². The van der Waals surface area contributed by atoms with Crippen LogP contribution in [-0.2, 0) is 23.1 Å². The standard InChI is InChI=1S/C23H29N5O4S/c1-16-11-17(2)27(25-16)15-19-8-6-7-18(12-19)14-24-21-10-9-20(13-22(21)28(29)30)33(31,32)26-23(3,4)5/h6-13,24,26H,14-15H2,1-5H3. The number of benzene rings is 2. The predicted octanol–water partition coefficient (Wildman–Crippen LogP) is 4.15. The molecule has 0 fully saturated rings. The fourth-order valence-corrected chi connectivity index (χ4v) is 4.92. The quantitative estimate of drug-likeness (QED) is 0.376. The summed E-state index contributed by atoms with van der Waals surface area (Å²) in [6, 6.07) is 13.8. The molecule has 2 N–H and O–H groups in total. The highest BCUT2D eigenvalue weighted by Gasteiger charge is 2.25. The fraction of sp³-hybridized carbons (Fsp3) is 0.348. The number of anilines is 1. The van der Waals surface area contributed by atoms with Crippen LogP contribution >= 0.6 is 0 Å². The monoisotopic (exact) mass is 471 g/mol. The predicted molar refractivity (Wildman–Crippen MR) is 128 cm³/mol. The van der Waals surface area contributed by atoms with Crippen LogP contribution in [0.4, 0.5) is 11.4 Å². The smallest absolute Gasteiger partial charge is 0.293 e. The maximum atomic E-state index is 12.6. The van der Waals surface area contributed by atoms with E-state index in [0.717, 1.165) is 28.6 Å². The van der Waals surface area contributed by atoms with E-state index >= 15 is 0 Å². The van der Waals surface area contributed by atoms with Gasteiger partial charge in [-0.25, -0.2) is 13.1 Å². The molecule has 0 saturated heterocycles. The number of sulfonamides is 1. The van der Waals surface area contributed by atoms with E-state index in [1.54, 1.807) is 20.8 Å². The molecule has 1 aromatic heterocycles. The summed E-state index contributed by atoms with van der Waals surface area (Å²) >= 11 is 0. The van der Waals surface area contributed by atoms with Gasteiger partial charge in [0.05, 0.1) is 22.1 Å². The van der Waals surface area contributed by atoms with E-state index in [0.29, 0.717) is 13.1 Å². The summed E-state index contributed by atoms with van der Waals surface area (Å²) in [5, 5.41) is 19.2. The molecular formula is C23H29N5O4S. The first-order valence-corrected chi connectivity index (χ1v) is 12.0. The molecule has 0 atom stereocenters. The molecule has 0 aliphatic rings. The van der Waals surface area contributed by atoms with Crippen molar-refractivity contribution in [3.63, 3.8) is 0 Å². The number of hydrogen-bond acceptors (Lipinski definition) is 6. The van der Waals surface area contributed by atoms with Gasteiger partial charge in [-0.15, -0.1) is 0 Å². The Morgan fingerprint density at radius 2 is 1.76 bits per heavy atom. The molecule has 3 aromatic rings. The van der Waals surface area contributed by atoms with Crippen molar-refractivity contribution in [3.05, 3.63) is 81.2 Å². The van der Waals surface area contributed by atoms with E-state index in [1.165, 1.54) is 12.1 Å². The third-order valence-electron chi connectivity index (χ3n) is 4.83. The van der Waals surface area contributed by atoms with Gasteiger partial charge in [-0.1, -0.05) is 24.3 Å². The lowest BCUT2D eigenvalue weighted by atomic mass is 10.1. The molecule has 3 rings (SSSR count). The van der Waals surface area contributed by atoms with Gasteiger partial charge in [-0.05, 0) is 63.9 Å². The van der Waals surface area contributed by atoms with Crippen molar-refractivity contribution in [1.29, 1.82) is 0 Å². The Balaban J connectivity index is 1.78. The molecule has 2 aromatic carbocycles. The number of hydrogen-bond donors (Lipinski definition) is 2. The second-order valence-corrected chi connectivity index (χ2v) is 10.7. The molecule has 0 aliphatic carbocycles. The number of nitro benzene ring substituents is 1. The summed E-state index contributed by atoms with van der Waals surface area (Å²) in [6.45, 7) is 10.0. The van der Waals surface area contributed by atoms with Crippen LogP contribution in [0.25, 0.3) is 0 Å². The van der Waals surface area contributed by atoms with Crippen molar-refractivity contribution in [3.8, 4) is 0 Å². The average molecular weight is 472 g/mol. The lowest BCUT2D eigenvalue weighted by molar-refractivity contribution is -0.384. The lowest BCUT2D eigenvalue weighted by Gasteiger charge is -2.20. The van der Waals surface area contributed by atoms with Crippen molar-refractivity contribution in [2.75, 3.05) is 5.32 Å². The topological polar surface area (TPSA) is 119 Å². The van der Waals surface area contributed by atoms with E-state index in [9.17, 15) is 18.5 Å². The van der Waals surface area contributed by atoms with Gasteiger partial charge in [-0.3, -0.25) is 14.8 Å². The third-order valence-corrected chi connectivity index (χ3v) is 6.58. The van der Waals surface area contributed by atoms with Crippen LogP contribution in [0, 0.1) is 24.0 Å². The maximum absolute atomic E-state index is 12.6. The number of nitro groups is 1. The second-order valence-electron chi connectivity index (χ2n) is 9.05. The molecule has 0 unspecified atom stereocenters. The normalized spacial score (nSPS) is 12.0. The van der Waals surface area contributed by atoms with Crippen molar-refractivity contribution in [1.82, 2.24) is 14.5 Å². The zero-order chi connectivity index (χ0) is 24.4. The van der Waals surface area contributed by atoms with Crippen LogP contribution in [0.3, 0.4) is 0 Å². The number of aromatic nitrogens is 2. The molecule has 0 spiro atoms. The highest BCUT2D eigenvalue weighted by atomic mass is 32.2. The molecule has 0 aliphatic heterocycles. The maximum Gasteiger partial charge on any atom is 0.293 e. The summed E-state index contributed by atoms with van der Waals surface area (Å²) in [5.41, 5.74) is 3.27. The summed E-state index contributed by atoms with van der Waals surface area (Å²) < 4.78 is 29.6. The first-order chi connectivity index (χ1) is 15.3. The van der Waals surface area contributed by atoms with Gasteiger partial charge in [0.25, 0.3) is 5.69 Å². The number of nitrogens with one attached hydrogen (secondary N) is 2. The Bertz CT molecular complexity index is 1280.